The Kier molecular flexibility index (Phi) is 6.15. The molecule has 1 saturated heterocycles. The molecule has 30 heavy (non-hydrogen) atoms. The average Bonchev–Trinajstić information content (AvgIpc) is 2.74. The van der Waals surface area contributed by atoms with Gasteiger partial charge in [-0.3, -0.25) is 0 Å². The summed E-state index contributed by atoms with van der Waals surface area (Å²) in [6.07, 6.45) is -6.03. The molecule has 0 unspecified atom stereocenters. The van der Waals surface area contributed by atoms with Gasteiger partial charge in [0.05, 0.1) is 6.61 Å². The Morgan fingerprint density at radius 1 is 1.00 bits per heavy atom. The molecule has 7 nitrogen and oxygen atoms in total. The third-order valence-corrected chi connectivity index (χ3v) is 5.71. The molecule has 0 bridgehead atoms. The first-order chi connectivity index (χ1) is 14.4. The van der Waals surface area contributed by atoms with Crippen LogP contribution in [-0.4, -0.2) is 64.7 Å². The number of aliphatic hydroxyl groups is 4. The van der Waals surface area contributed by atoms with Crippen LogP contribution in [0, 0.1) is 5.82 Å². The summed E-state index contributed by atoms with van der Waals surface area (Å²) in [5, 5.41) is 40.2. The molecule has 4 rings (SSSR count). The summed E-state index contributed by atoms with van der Waals surface area (Å²) in [7, 11) is 0. The Morgan fingerprint density at radius 3 is 2.53 bits per heavy atom. The van der Waals surface area contributed by atoms with Crippen LogP contribution in [0.5, 0.6) is 11.5 Å². The summed E-state index contributed by atoms with van der Waals surface area (Å²) in [5.41, 5.74) is 1.76. The normalized spacial score (nSPS) is 28.4. The number of hydrogen-bond acceptors (Lipinski definition) is 7. The van der Waals surface area contributed by atoms with E-state index < -0.39 is 42.9 Å². The number of aliphatic hydroxyl groups excluding tert-OH is 4. The SMILES string of the molecule is OC[C@H]1O[C@@H](c2ccc(Cl)c(Cc3cc(F)c4c(c3)OCCO4)c2)[C@H](O)[C@@H](O)[C@@H]1O. The Balaban J connectivity index is 1.62. The van der Waals surface area contributed by atoms with E-state index in [1.807, 2.05) is 0 Å². The number of hydrogen-bond donors (Lipinski definition) is 4. The highest BCUT2D eigenvalue weighted by atomic mass is 35.5. The minimum absolute atomic E-state index is 0.0890. The van der Waals surface area contributed by atoms with E-state index in [0.29, 0.717) is 34.1 Å². The molecule has 0 radical (unpaired) electrons. The second kappa shape index (κ2) is 8.66. The van der Waals surface area contributed by atoms with Crippen LogP contribution in [-0.2, 0) is 11.2 Å². The van der Waals surface area contributed by atoms with Crippen molar-refractivity contribution in [2.24, 2.45) is 0 Å². The van der Waals surface area contributed by atoms with Gasteiger partial charge in [-0.1, -0.05) is 23.7 Å². The lowest BCUT2D eigenvalue weighted by Gasteiger charge is -2.40. The van der Waals surface area contributed by atoms with Gasteiger partial charge in [-0.05, 0) is 41.3 Å². The van der Waals surface area contributed by atoms with Gasteiger partial charge in [0.25, 0.3) is 0 Å². The van der Waals surface area contributed by atoms with Gasteiger partial charge in [-0.2, -0.15) is 0 Å². The Hall–Kier alpha value is -1.94. The van der Waals surface area contributed by atoms with Gasteiger partial charge in [0.15, 0.2) is 17.3 Å². The first-order valence-electron chi connectivity index (χ1n) is 9.56. The fourth-order valence-electron chi connectivity index (χ4n) is 3.77. The number of halogens is 2. The van der Waals surface area contributed by atoms with Crippen LogP contribution in [0.4, 0.5) is 4.39 Å². The van der Waals surface area contributed by atoms with Crippen LogP contribution in [0.15, 0.2) is 30.3 Å². The predicted molar refractivity (Wildman–Crippen MR) is 104 cm³/mol. The molecule has 0 saturated carbocycles. The standard InChI is InChI=1S/C21H22ClFO7/c22-13-2-1-11(20-19(27)18(26)17(25)16(9-24)30-20)8-12(13)5-10-6-14(23)21-15(7-10)28-3-4-29-21/h1-2,6-8,16-20,24-27H,3-5,9H2/t16-,17-,18+,19-,20+/m1/s1. The molecule has 0 amide bonds. The lowest BCUT2D eigenvalue weighted by molar-refractivity contribution is -0.231. The van der Waals surface area contributed by atoms with E-state index in [1.165, 1.54) is 6.07 Å². The summed E-state index contributed by atoms with van der Waals surface area (Å²) in [4.78, 5) is 0. The highest BCUT2D eigenvalue weighted by molar-refractivity contribution is 6.31. The van der Waals surface area contributed by atoms with Gasteiger partial charge >= 0.3 is 0 Å². The van der Waals surface area contributed by atoms with Crippen LogP contribution in [0.3, 0.4) is 0 Å². The fraction of sp³-hybridized carbons (Fsp3) is 0.429. The van der Waals surface area contributed by atoms with Crippen LogP contribution in [0.1, 0.15) is 22.8 Å². The van der Waals surface area contributed by atoms with Gasteiger partial charge in [0.1, 0.15) is 43.7 Å². The van der Waals surface area contributed by atoms with Crippen molar-refractivity contribution in [1.29, 1.82) is 0 Å². The minimum atomic E-state index is -1.48. The van der Waals surface area contributed by atoms with Crippen molar-refractivity contribution in [3.8, 4) is 11.5 Å². The van der Waals surface area contributed by atoms with E-state index >= 15 is 0 Å². The predicted octanol–water partition coefficient (Wildman–Crippen LogP) is 1.36. The molecule has 2 aromatic rings. The maximum absolute atomic E-state index is 14.4. The van der Waals surface area contributed by atoms with Crippen molar-refractivity contribution < 1.29 is 39.0 Å². The van der Waals surface area contributed by atoms with E-state index in [0.717, 1.165) is 0 Å². The largest absolute Gasteiger partial charge is 0.486 e. The van der Waals surface area contributed by atoms with Gasteiger partial charge in [0.2, 0.25) is 0 Å². The molecule has 9 heteroatoms. The average molecular weight is 441 g/mol. The van der Waals surface area contributed by atoms with Gasteiger partial charge in [-0.15, -0.1) is 0 Å². The molecule has 162 valence electrons. The van der Waals surface area contributed by atoms with Crippen molar-refractivity contribution in [2.75, 3.05) is 19.8 Å². The maximum Gasteiger partial charge on any atom is 0.197 e. The second-order valence-corrected chi connectivity index (χ2v) is 7.79. The van der Waals surface area contributed by atoms with Gasteiger partial charge < -0.3 is 34.6 Å². The van der Waals surface area contributed by atoms with Crippen LogP contribution in [0.25, 0.3) is 0 Å². The van der Waals surface area contributed by atoms with Crippen molar-refractivity contribution in [3.63, 3.8) is 0 Å². The molecular weight excluding hydrogens is 419 g/mol. The van der Waals surface area contributed by atoms with Crippen LogP contribution < -0.4 is 9.47 Å². The molecule has 0 aliphatic carbocycles. The smallest absolute Gasteiger partial charge is 0.197 e. The highest BCUT2D eigenvalue weighted by Crippen LogP contribution is 2.37. The molecule has 5 atom stereocenters. The minimum Gasteiger partial charge on any atom is -0.486 e. The molecule has 1 fully saturated rings. The monoisotopic (exact) mass is 440 g/mol. The zero-order valence-electron chi connectivity index (χ0n) is 15.9. The van der Waals surface area contributed by atoms with Crippen molar-refractivity contribution >= 4 is 11.6 Å². The first kappa shape index (κ1) is 21.3. The third-order valence-electron chi connectivity index (χ3n) is 5.34. The Bertz CT molecular complexity index is 922. The number of fused-ring (bicyclic) bond motifs is 1. The molecule has 2 aromatic carbocycles. The topological polar surface area (TPSA) is 109 Å². The third kappa shape index (κ3) is 3.99. The molecule has 2 aliphatic rings. The molecule has 0 aromatic heterocycles. The molecule has 0 spiro atoms. The number of rotatable bonds is 4. The van der Waals surface area contributed by atoms with Gasteiger partial charge in [0, 0.05) is 5.02 Å². The van der Waals surface area contributed by atoms with Crippen molar-refractivity contribution in [3.05, 3.63) is 57.9 Å². The Morgan fingerprint density at radius 2 is 1.77 bits per heavy atom. The number of benzene rings is 2. The van der Waals surface area contributed by atoms with E-state index in [4.69, 9.17) is 25.8 Å². The molecule has 4 N–H and O–H groups in total. The van der Waals surface area contributed by atoms with Crippen molar-refractivity contribution in [1.82, 2.24) is 0 Å². The Labute approximate surface area is 177 Å². The summed E-state index contributed by atoms with van der Waals surface area (Å²) < 4.78 is 30.7. The van der Waals surface area contributed by atoms with Gasteiger partial charge in [-0.25, -0.2) is 4.39 Å². The van der Waals surface area contributed by atoms with Crippen LogP contribution in [0.2, 0.25) is 5.02 Å². The maximum atomic E-state index is 14.4. The summed E-state index contributed by atoms with van der Waals surface area (Å²) >= 11 is 6.33. The van der Waals surface area contributed by atoms with E-state index in [1.54, 1.807) is 24.3 Å². The summed E-state index contributed by atoms with van der Waals surface area (Å²) in [5.74, 6) is -0.105. The van der Waals surface area contributed by atoms with Crippen molar-refractivity contribution in [2.45, 2.75) is 36.9 Å². The van der Waals surface area contributed by atoms with E-state index in [9.17, 15) is 24.8 Å². The lowest BCUT2D eigenvalue weighted by Crippen LogP contribution is -2.55. The highest BCUT2D eigenvalue weighted by Gasteiger charge is 2.44. The lowest BCUT2D eigenvalue weighted by atomic mass is 9.90. The quantitative estimate of drug-likeness (QED) is 0.568. The summed E-state index contributed by atoms with van der Waals surface area (Å²) in [6.45, 7) is 0.109. The summed E-state index contributed by atoms with van der Waals surface area (Å²) in [6, 6.07) is 7.97. The van der Waals surface area contributed by atoms with Crippen LogP contribution >= 0.6 is 11.6 Å². The second-order valence-electron chi connectivity index (χ2n) is 7.38. The fourth-order valence-corrected chi connectivity index (χ4v) is 3.95. The molecule has 2 aliphatic heterocycles. The first-order valence-corrected chi connectivity index (χ1v) is 9.93. The van der Waals surface area contributed by atoms with E-state index in [-0.39, 0.29) is 18.8 Å². The molecule has 2 heterocycles. The zero-order valence-corrected chi connectivity index (χ0v) is 16.6. The zero-order chi connectivity index (χ0) is 21.4. The molecular formula is C21H22ClFO7. The number of ether oxygens (including phenoxy) is 3. The van der Waals surface area contributed by atoms with E-state index in [2.05, 4.69) is 0 Å².